The van der Waals surface area contributed by atoms with Gasteiger partial charge in [0.25, 0.3) is 11.8 Å². The number of likely N-dealkylation sites (N-methyl/N-ethyl adjacent to an activating group) is 1. The first-order chi connectivity index (χ1) is 11.0. The molecule has 1 aliphatic heterocycles. The van der Waals surface area contributed by atoms with Gasteiger partial charge in [-0.2, -0.15) is 0 Å². The van der Waals surface area contributed by atoms with Crippen molar-refractivity contribution in [2.24, 2.45) is 0 Å². The number of amides is 2. The van der Waals surface area contributed by atoms with E-state index in [0.29, 0.717) is 11.6 Å². The van der Waals surface area contributed by atoms with Crippen molar-refractivity contribution in [1.29, 1.82) is 0 Å². The van der Waals surface area contributed by atoms with Crippen LogP contribution in [0, 0.1) is 0 Å². The summed E-state index contributed by atoms with van der Waals surface area (Å²) in [7, 11) is 1.66. The molecule has 1 aliphatic rings. The maximum atomic E-state index is 12.4. The van der Waals surface area contributed by atoms with Crippen LogP contribution in [0.1, 0.15) is 6.92 Å². The summed E-state index contributed by atoms with van der Waals surface area (Å²) >= 11 is 5.93. The molecule has 0 saturated carbocycles. The second kappa shape index (κ2) is 8.29. The highest BCUT2D eigenvalue weighted by molar-refractivity contribution is 6.30. The van der Waals surface area contributed by atoms with Gasteiger partial charge in [-0.3, -0.25) is 9.59 Å². The lowest BCUT2D eigenvalue weighted by atomic mass is 10.2. The standard InChI is InChI=1S/C16H23ClN4O2/c1-12(16(23)19-14-5-3-4-13(17)10-14)21-8-6-20(7-9-21)11-15(22)18-2/h3-5,10,12H,6-9,11H2,1-2H3,(H,18,22)(H,19,23)/p+2/t12-/m0/s1. The van der Waals surface area contributed by atoms with E-state index in [2.05, 4.69) is 10.6 Å². The number of anilines is 1. The van der Waals surface area contributed by atoms with Gasteiger partial charge in [-0.05, 0) is 25.1 Å². The van der Waals surface area contributed by atoms with Crippen LogP contribution in [0.3, 0.4) is 0 Å². The van der Waals surface area contributed by atoms with E-state index in [1.807, 2.05) is 19.1 Å². The fraction of sp³-hybridized carbons (Fsp3) is 0.500. The zero-order valence-electron chi connectivity index (χ0n) is 13.6. The molecule has 1 fully saturated rings. The molecule has 1 saturated heterocycles. The highest BCUT2D eigenvalue weighted by atomic mass is 35.5. The largest absolute Gasteiger partial charge is 0.354 e. The van der Waals surface area contributed by atoms with Gasteiger partial charge in [0, 0.05) is 17.8 Å². The third kappa shape index (κ3) is 5.20. The molecule has 1 atom stereocenters. The summed E-state index contributed by atoms with van der Waals surface area (Å²) in [5.41, 5.74) is 0.720. The third-order valence-corrected chi connectivity index (χ3v) is 4.62. The highest BCUT2D eigenvalue weighted by Crippen LogP contribution is 2.14. The summed E-state index contributed by atoms with van der Waals surface area (Å²) in [5, 5.41) is 6.18. The first-order valence-electron chi connectivity index (χ1n) is 7.94. The Balaban J connectivity index is 1.83. The van der Waals surface area contributed by atoms with Crippen molar-refractivity contribution in [3.8, 4) is 0 Å². The second-order valence-electron chi connectivity index (χ2n) is 5.98. The van der Waals surface area contributed by atoms with Crippen molar-refractivity contribution < 1.29 is 19.4 Å². The number of hydrogen-bond acceptors (Lipinski definition) is 2. The Morgan fingerprint density at radius 2 is 1.96 bits per heavy atom. The Bertz CT molecular complexity index is 559. The van der Waals surface area contributed by atoms with Gasteiger partial charge in [0.2, 0.25) is 0 Å². The zero-order chi connectivity index (χ0) is 16.8. The lowest BCUT2D eigenvalue weighted by Gasteiger charge is -2.32. The third-order valence-electron chi connectivity index (χ3n) is 4.39. The number of hydrogen-bond donors (Lipinski definition) is 4. The number of benzene rings is 1. The van der Waals surface area contributed by atoms with Gasteiger partial charge in [-0.15, -0.1) is 0 Å². The van der Waals surface area contributed by atoms with Crippen LogP contribution in [0.15, 0.2) is 24.3 Å². The van der Waals surface area contributed by atoms with Crippen molar-refractivity contribution in [3.05, 3.63) is 29.3 Å². The van der Waals surface area contributed by atoms with Crippen LogP contribution < -0.4 is 20.4 Å². The van der Waals surface area contributed by atoms with Crippen LogP contribution in [-0.2, 0) is 9.59 Å². The molecule has 126 valence electrons. The van der Waals surface area contributed by atoms with Crippen molar-refractivity contribution in [3.63, 3.8) is 0 Å². The Labute approximate surface area is 141 Å². The first-order valence-corrected chi connectivity index (χ1v) is 8.32. The molecule has 0 bridgehead atoms. The molecule has 0 unspecified atom stereocenters. The maximum absolute atomic E-state index is 12.4. The minimum atomic E-state index is -0.129. The Kier molecular flexibility index (Phi) is 6.38. The molecular formula is C16H25ClN4O2+2. The number of nitrogens with one attached hydrogen (secondary N) is 4. The molecule has 6 nitrogen and oxygen atoms in total. The quantitative estimate of drug-likeness (QED) is 0.511. The van der Waals surface area contributed by atoms with Gasteiger partial charge in [-0.1, -0.05) is 17.7 Å². The van der Waals surface area contributed by atoms with E-state index in [1.165, 1.54) is 9.80 Å². The minimum Gasteiger partial charge on any atom is -0.354 e. The summed E-state index contributed by atoms with van der Waals surface area (Å²) in [6, 6.07) is 7.04. The monoisotopic (exact) mass is 340 g/mol. The van der Waals surface area contributed by atoms with E-state index < -0.39 is 0 Å². The molecule has 2 amide bonds. The van der Waals surface area contributed by atoms with Gasteiger partial charge >= 0.3 is 0 Å². The molecule has 7 heteroatoms. The van der Waals surface area contributed by atoms with E-state index >= 15 is 0 Å². The average molecular weight is 341 g/mol. The lowest BCUT2D eigenvalue weighted by molar-refractivity contribution is -1.01. The van der Waals surface area contributed by atoms with Crippen molar-refractivity contribution in [2.75, 3.05) is 45.1 Å². The van der Waals surface area contributed by atoms with Gasteiger partial charge in [0.15, 0.2) is 12.6 Å². The summed E-state index contributed by atoms with van der Waals surface area (Å²) in [5.74, 6) is 0.0622. The van der Waals surface area contributed by atoms with Crippen LogP contribution in [0.5, 0.6) is 0 Å². The summed E-state index contributed by atoms with van der Waals surface area (Å²) in [6.45, 7) is 6.02. The van der Waals surface area contributed by atoms with Crippen LogP contribution in [0.25, 0.3) is 0 Å². The van der Waals surface area contributed by atoms with Gasteiger partial charge in [0.1, 0.15) is 26.2 Å². The molecule has 1 heterocycles. The molecule has 1 aromatic carbocycles. The van der Waals surface area contributed by atoms with E-state index in [0.717, 1.165) is 31.9 Å². The smallest absolute Gasteiger partial charge is 0.282 e. The topological polar surface area (TPSA) is 67.1 Å². The zero-order valence-corrected chi connectivity index (χ0v) is 14.4. The molecule has 23 heavy (non-hydrogen) atoms. The Morgan fingerprint density at radius 3 is 2.57 bits per heavy atom. The predicted molar refractivity (Wildman–Crippen MR) is 89.9 cm³/mol. The highest BCUT2D eigenvalue weighted by Gasteiger charge is 2.31. The van der Waals surface area contributed by atoms with E-state index in [-0.39, 0.29) is 17.9 Å². The van der Waals surface area contributed by atoms with Gasteiger partial charge in [0.05, 0.1) is 0 Å². The number of carbonyl (C=O) groups excluding carboxylic acids is 2. The summed E-state index contributed by atoms with van der Waals surface area (Å²) in [4.78, 5) is 26.3. The predicted octanol–water partition coefficient (Wildman–Crippen LogP) is -1.80. The molecule has 4 N–H and O–H groups in total. The van der Waals surface area contributed by atoms with Crippen LogP contribution >= 0.6 is 11.6 Å². The average Bonchev–Trinajstić information content (AvgIpc) is 2.54. The van der Waals surface area contributed by atoms with Gasteiger partial charge < -0.3 is 20.4 Å². The molecule has 2 rings (SSSR count). The van der Waals surface area contributed by atoms with Crippen LogP contribution in [0.4, 0.5) is 5.69 Å². The Hall–Kier alpha value is -1.63. The van der Waals surface area contributed by atoms with Crippen LogP contribution in [0.2, 0.25) is 5.02 Å². The molecule has 0 spiro atoms. The first kappa shape index (κ1) is 17.7. The normalized spacial score (nSPS) is 22.2. The van der Waals surface area contributed by atoms with Crippen molar-refractivity contribution in [2.45, 2.75) is 13.0 Å². The molecule has 0 radical (unpaired) electrons. The van der Waals surface area contributed by atoms with E-state index in [9.17, 15) is 9.59 Å². The van der Waals surface area contributed by atoms with Crippen LogP contribution in [-0.4, -0.2) is 57.6 Å². The van der Waals surface area contributed by atoms with E-state index in [4.69, 9.17) is 11.6 Å². The fourth-order valence-electron chi connectivity index (χ4n) is 2.85. The number of carbonyl (C=O) groups is 2. The lowest BCUT2D eigenvalue weighted by Crippen LogP contribution is -3.30. The molecule has 0 aliphatic carbocycles. The van der Waals surface area contributed by atoms with E-state index in [1.54, 1.807) is 19.2 Å². The SMILES string of the molecule is CNC(=O)C[NH+]1CC[NH+]([C@@H](C)C(=O)Nc2cccc(Cl)c2)CC1. The fourth-order valence-corrected chi connectivity index (χ4v) is 3.04. The molecule has 0 aromatic heterocycles. The minimum absolute atomic E-state index is 0.00276. The summed E-state index contributed by atoms with van der Waals surface area (Å²) < 4.78 is 0. The molecule has 1 aromatic rings. The summed E-state index contributed by atoms with van der Waals surface area (Å²) in [6.07, 6.45) is 0. The molecular weight excluding hydrogens is 316 g/mol. The maximum Gasteiger partial charge on any atom is 0.282 e. The number of piperazine rings is 1. The number of halogens is 1. The number of rotatable bonds is 5. The second-order valence-corrected chi connectivity index (χ2v) is 6.42. The number of quaternary nitrogens is 2. The Morgan fingerprint density at radius 1 is 1.26 bits per heavy atom. The van der Waals surface area contributed by atoms with Crippen molar-refractivity contribution in [1.82, 2.24) is 5.32 Å². The van der Waals surface area contributed by atoms with Crippen molar-refractivity contribution >= 4 is 29.1 Å². The van der Waals surface area contributed by atoms with Gasteiger partial charge in [-0.25, -0.2) is 0 Å².